The summed E-state index contributed by atoms with van der Waals surface area (Å²) in [6, 6.07) is 15.3. The minimum atomic E-state index is -0.232. The molecule has 1 aliphatic rings. The Morgan fingerprint density at radius 3 is 2.25 bits per heavy atom. The van der Waals surface area contributed by atoms with Crippen molar-refractivity contribution in [1.29, 1.82) is 0 Å². The number of piperidine rings is 1. The van der Waals surface area contributed by atoms with Crippen LogP contribution in [0.5, 0.6) is 0 Å². The van der Waals surface area contributed by atoms with E-state index in [-0.39, 0.29) is 17.4 Å². The normalized spacial score (nSPS) is 14.3. The molecule has 1 fully saturated rings. The van der Waals surface area contributed by atoms with Gasteiger partial charge in [-0.25, -0.2) is 9.36 Å². The van der Waals surface area contributed by atoms with Crippen molar-refractivity contribution in [1.82, 2.24) is 29.3 Å². The second-order valence-electron chi connectivity index (χ2n) is 9.28. The lowest BCUT2D eigenvalue weighted by atomic mass is 9.96. The first-order valence-electron chi connectivity index (χ1n) is 12.1. The van der Waals surface area contributed by atoms with Crippen molar-refractivity contribution in [3.8, 4) is 11.5 Å². The number of aromatic nitrogens is 6. The molecule has 1 N–H and O–H groups in total. The van der Waals surface area contributed by atoms with Gasteiger partial charge in [0.05, 0.1) is 17.1 Å². The van der Waals surface area contributed by atoms with Gasteiger partial charge in [0.15, 0.2) is 11.6 Å². The molecule has 1 amide bonds. The summed E-state index contributed by atoms with van der Waals surface area (Å²) in [5.74, 6) is 1.17. The lowest BCUT2D eigenvalue weighted by Crippen LogP contribution is -2.39. The number of rotatable bonds is 5. The van der Waals surface area contributed by atoms with Gasteiger partial charge in [-0.2, -0.15) is 5.10 Å². The van der Waals surface area contributed by atoms with Gasteiger partial charge in [0.2, 0.25) is 5.91 Å². The van der Waals surface area contributed by atoms with E-state index in [1.807, 2.05) is 76.3 Å². The predicted molar refractivity (Wildman–Crippen MR) is 138 cm³/mol. The summed E-state index contributed by atoms with van der Waals surface area (Å²) in [7, 11) is 1.82. The number of anilines is 2. The van der Waals surface area contributed by atoms with Crippen LogP contribution in [0.2, 0.25) is 0 Å². The summed E-state index contributed by atoms with van der Waals surface area (Å²) >= 11 is 0. The zero-order valence-electron chi connectivity index (χ0n) is 21.0. The first-order chi connectivity index (χ1) is 17.3. The van der Waals surface area contributed by atoms with E-state index in [0.29, 0.717) is 43.1 Å². The number of nitrogens with zero attached hydrogens (tertiary/aromatic N) is 7. The van der Waals surface area contributed by atoms with E-state index >= 15 is 0 Å². The maximum atomic E-state index is 13.1. The number of hydrogen-bond donors (Lipinski definition) is 1. The van der Waals surface area contributed by atoms with Crippen LogP contribution in [0.15, 0.2) is 53.3 Å². The maximum Gasteiger partial charge on any atom is 0.295 e. The average molecular weight is 487 g/mol. The van der Waals surface area contributed by atoms with E-state index in [2.05, 4.69) is 25.5 Å². The molecule has 0 radical (unpaired) electrons. The number of hydrogen-bond acceptors (Lipinski definition) is 6. The summed E-state index contributed by atoms with van der Waals surface area (Å²) in [5.41, 5.74) is 3.51. The van der Waals surface area contributed by atoms with Gasteiger partial charge >= 0.3 is 0 Å². The van der Waals surface area contributed by atoms with Crippen molar-refractivity contribution in [3.63, 3.8) is 0 Å². The van der Waals surface area contributed by atoms with Crippen LogP contribution in [-0.2, 0) is 11.8 Å². The fraction of sp³-hybridized carbons (Fsp3) is 0.346. The van der Waals surface area contributed by atoms with Crippen LogP contribution in [0.1, 0.15) is 29.9 Å². The number of amides is 1. The molecule has 0 bridgehead atoms. The fourth-order valence-corrected chi connectivity index (χ4v) is 4.77. The Kier molecular flexibility index (Phi) is 6.17. The number of nitrogens with one attached hydrogen (secondary N) is 1. The highest BCUT2D eigenvalue weighted by Gasteiger charge is 2.28. The number of carbonyl (C=O) groups is 1. The molecule has 0 unspecified atom stereocenters. The van der Waals surface area contributed by atoms with E-state index in [1.54, 1.807) is 14.0 Å². The van der Waals surface area contributed by atoms with E-state index in [0.717, 1.165) is 22.9 Å². The van der Waals surface area contributed by atoms with E-state index in [1.165, 1.54) is 0 Å². The topological polar surface area (TPSA) is 103 Å². The molecule has 1 saturated heterocycles. The summed E-state index contributed by atoms with van der Waals surface area (Å²) in [4.78, 5) is 28.3. The second kappa shape index (κ2) is 9.44. The summed E-state index contributed by atoms with van der Waals surface area (Å²) in [5, 5.41) is 16.1. The molecular weight excluding hydrogens is 456 g/mol. The molecular formula is C26H30N8O2. The second-order valence-corrected chi connectivity index (χ2v) is 9.28. The molecule has 1 aromatic carbocycles. The Morgan fingerprint density at radius 1 is 0.972 bits per heavy atom. The highest BCUT2D eigenvalue weighted by molar-refractivity contribution is 5.93. The number of carbonyl (C=O) groups excluding carboxylic acids is 1. The predicted octanol–water partition coefficient (Wildman–Crippen LogP) is 2.93. The molecule has 0 saturated carbocycles. The number of benzene rings is 1. The van der Waals surface area contributed by atoms with Gasteiger partial charge < -0.3 is 10.2 Å². The quantitative estimate of drug-likeness (QED) is 0.465. The molecule has 5 rings (SSSR count). The van der Waals surface area contributed by atoms with Crippen molar-refractivity contribution >= 4 is 17.4 Å². The van der Waals surface area contributed by atoms with Crippen molar-refractivity contribution in [2.24, 2.45) is 13.0 Å². The standard InChI is InChI=1S/C26H30N8O2/c1-17-16-18(2)33(30-17)23-11-10-22(28-29-23)32-14-12-20(13-15-32)25(35)27-24-19(3)31(4)34(26(24)36)21-8-6-5-7-9-21/h5-11,16,20H,12-15H2,1-4H3,(H,27,35). The Hall–Kier alpha value is -4.21. The van der Waals surface area contributed by atoms with Gasteiger partial charge in [0.25, 0.3) is 5.56 Å². The van der Waals surface area contributed by atoms with Crippen LogP contribution in [0.4, 0.5) is 11.5 Å². The van der Waals surface area contributed by atoms with Crippen molar-refractivity contribution in [2.75, 3.05) is 23.3 Å². The van der Waals surface area contributed by atoms with E-state index in [4.69, 9.17) is 0 Å². The summed E-state index contributed by atoms with van der Waals surface area (Å²) in [6.07, 6.45) is 1.34. The third-order valence-electron chi connectivity index (χ3n) is 6.86. The van der Waals surface area contributed by atoms with Crippen LogP contribution in [0.3, 0.4) is 0 Å². The maximum absolute atomic E-state index is 13.1. The third kappa shape index (κ3) is 4.30. The highest BCUT2D eigenvalue weighted by Crippen LogP contribution is 2.24. The SMILES string of the molecule is Cc1cc(C)n(-c2ccc(N3CCC(C(=O)Nc4c(C)n(C)n(-c5ccccc5)c4=O)CC3)nn2)n1. The molecule has 4 aromatic rings. The molecule has 36 heavy (non-hydrogen) atoms. The summed E-state index contributed by atoms with van der Waals surface area (Å²) in [6.45, 7) is 7.15. The van der Waals surface area contributed by atoms with Crippen LogP contribution in [-0.4, -0.2) is 48.3 Å². The number of para-hydroxylation sites is 1. The minimum Gasteiger partial charge on any atom is -0.355 e. The number of aryl methyl sites for hydroxylation is 2. The van der Waals surface area contributed by atoms with Crippen molar-refractivity contribution in [2.45, 2.75) is 33.6 Å². The molecule has 10 nitrogen and oxygen atoms in total. The average Bonchev–Trinajstić information content (AvgIpc) is 3.34. The zero-order valence-corrected chi connectivity index (χ0v) is 21.0. The molecule has 186 valence electrons. The van der Waals surface area contributed by atoms with Crippen LogP contribution in [0, 0.1) is 26.7 Å². The largest absolute Gasteiger partial charge is 0.355 e. The minimum absolute atomic E-state index is 0.119. The molecule has 4 heterocycles. The lowest BCUT2D eigenvalue weighted by Gasteiger charge is -2.31. The fourth-order valence-electron chi connectivity index (χ4n) is 4.77. The third-order valence-corrected chi connectivity index (χ3v) is 6.86. The molecule has 0 aliphatic carbocycles. The van der Waals surface area contributed by atoms with Crippen molar-refractivity contribution < 1.29 is 4.79 Å². The molecule has 0 spiro atoms. The molecule has 3 aromatic heterocycles. The molecule has 10 heteroatoms. The Labute approximate surface area is 209 Å². The van der Waals surface area contributed by atoms with Crippen molar-refractivity contribution in [3.05, 3.63) is 76.0 Å². The molecule has 0 atom stereocenters. The van der Waals surface area contributed by atoms with E-state index in [9.17, 15) is 9.59 Å². The van der Waals surface area contributed by atoms with Crippen LogP contribution < -0.4 is 15.8 Å². The van der Waals surface area contributed by atoms with Gasteiger partial charge in [-0.05, 0) is 63.9 Å². The summed E-state index contributed by atoms with van der Waals surface area (Å²) < 4.78 is 5.12. The smallest absolute Gasteiger partial charge is 0.295 e. The van der Waals surface area contributed by atoms with Gasteiger partial charge in [-0.1, -0.05) is 18.2 Å². The Balaban J connectivity index is 1.24. The first-order valence-corrected chi connectivity index (χ1v) is 12.1. The lowest BCUT2D eigenvalue weighted by molar-refractivity contribution is -0.120. The Bertz CT molecular complexity index is 1440. The Morgan fingerprint density at radius 2 is 1.64 bits per heavy atom. The first kappa shape index (κ1) is 23.5. The van der Waals surface area contributed by atoms with Crippen LogP contribution in [0.25, 0.3) is 11.5 Å². The highest BCUT2D eigenvalue weighted by atomic mass is 16.2. The van der Waals surface area contributed by atoms with Crippen LogP contribution >= 0.6 is 0 Å². The van der Waals surface area contributed by atoms with Gasteiger partial charge in [0, 0.05) is 31.7 Å². The molecule has 1 aliphatic heterocycles. The van der Waals surface area contributed by atoms with E-state index < -0.39 is 0 Å². The van der Waals surface area contributed by atoms with Gasteiger partial charge in [-0.3, -0.25) is 14.3 Å². The monoisotopic (exact) mass is 486 g/mol. The van der Waals surface area contributed by atoms with Gasteiger partial charge in [0.1, 0.15) is 5.69 Å². The zero-order chi connectivity index (χ0) is 25.4. The van der Waals surface area contributed by atoms with Gasteiger partial charge in [-0.15, -0.1) is 10.2 Å².